The van der Waals surface area contributed by atoms with E-state index in [9.17, 15) is 4.79 Å². The van der Waals surface area contributed by atoms with E-state index in [1.54, 1.807) is 25.1 Å². The van der Waals surface area contributed by atoms with Crippen molar-refractivity contribution >= 4 is 17.6 Å². The number of hydrogen-bond donors (Lipinski definition) is 1. The summed E-state index contributed by atoms with van der Waals surface area (Å²) in [6.07, 6.45) is 0. The zero-order valence-corrected chi connectivity index (χ0v) is 10.1. The molecular weight excluding hydrogens is 242 g/mol. The van der Waals surface area contributed by atoms with Gasteiger partial charge < -0.3 is 9.52 Å². The molecule has 1 N–H and O–H groups in total. The molecule has 0 unspecified atom stereocenters. The fourth-order valence-corrected chi connectivity index (χ4v) is 1.61. The van der Waals surface area contributed by atoms with Crippen LogP contribution in [0.25, 0.3) is 11.5 Å². The lowest BCUT2D eigenvalue weighted by Gasteiger charge is -1.99. The van der Waals surface area contributed by atoms with Gasteiger partial charge in [-0.3, -0.25) is 0 Å². The lowest BCUT2D eigenvalue weighted by Crippen LogP contribution is -1.98. The first-order chi connectivity index (χ1) is 7.99. The first kappa shape index (κ1) is 11.7. The van der Waals surface area contributed by atoms with E-state index in [4.69, 9.17) is 21.1 Å². The molecule has 0 fully saturated rings. The maximum absolute atomic E-state index is 10.8. The molecule has 0 saturated carbocycles. The molecule has 0 radical (unpaired) electrons. The Hall–Kier alpha value is -1.81. The molecule has 0 amide bonds. The molecule has 88 valence electrons. The molecule has 1 heterocycles. The molecule has 0 aliphatic rings. The highest BCUT2D eigenvalue weighted by atomic mass is 35.5. The number of carboxylic acids is 1. The minimum absolute atomic E-state index is 0.0624. The number of oxazole rings is 1. The van der Waals surface area contributed by atoms with Crippen LogP contribution in [0.5, 0.6) is 0 Å². The summed E-state index contributed by atoms with van der Waals surface area (Å²) in [7, 11) is 0. The Kier molecular flexibility index (Phi) is 2.90. The number of halogens is 1. The highest BCUT2D eigenvalue weighted by molar-refractivity contribution is 6.31. The molecule has 5 heteroatoms. The summed E-state index contributed by atoms with van der Waals surface area (Å²) in [4.78, 5) is 14.8. The maximum Gasteiger partial charge on any atom is 0.358 e. The predicted octanol–water partition coefficient (Wildman–Crippen LogP) is 3.31. The summed E-state index contributed by atoms with van der Waals surface area (Å²) in [6.45, 7) is 3.43. The Bertz CT molecular complexity index is 589. The van der Waals surface area contributed by atoms with E-state index in [-0.39, 0.29) is 5.69 Å². The van der Waals surface area contributed by atoms with E-state index in [1.807, 2.05) is 6.92 Å². The van der Waals surface area contributed by atoms with Crippen LogP contribution < -0.4 is 0 Å². The third-order valence-electron chi connectivity index (χ3n) is 2.40. The van der Waals surface area contributed by atoms with Gasteiger partial charge in [0, 0.05) is 10.6 Å². The average molecular weight is 252 g/mol. The van der Waals surface area contributed by atoms with Crippen LogP contribution in [0, 0.1) is 13.8 Å². The Morgan fingerprint density at radius 2 is 2.12 bits per heavy atom. The predicted molar refractivity (Wildman–Crippen MR) is 63.4 cm³/mol. The number of benzene rings is 1. The summed E-state index contributed by atoms with van der Waals surface area (Å²) in [5.41, 5.74) is 1.53. The zero-order chi connectivity index (χ0) is 12.6. The second kappa shape index (κ2) is 4.22. The molecule has 0 aliphatic heterocycles. The number of aromatic carboxylic acids is 1. The normalized spacial score (nSPS) is 10.5. The maximum atomic E-state index is 10.8. The average Bonchev–Trinajstić information content (AvgIpc) is 2.64. The first-order valence-corrected chi connectivity index (χ1v) is 5.34. The third-order valence-corrected chi connectivity index (χ3v) is 2.83. The van der Waals surface area contributed by atoms with Gasteiger partial charge in [0.05, 0.1) is 0 Å². The highest BCUT2D eigenvalue weighted by Gasteiger charge is 2.17. The monoisotopic (exact) mass is 251 g/mol. The lowest BCUT2D eigenvalue weighted by atomic mass is 10.1. The van der Waals surface area contributed by atoms with E-state index < -0.39 is 5.97 Å². The van der Waals surface area contributed by atoms with Gasteiger partial charge in [0.2, 0.25) is 5.89 Å². The minimum Gasteiger partial charge on any atom is -0.476 e. The van der Waals surface area contributed by atoms with Gasteiger partial charge >= 0.3 is 5.97 Å². The fourth-order valence-electron chi connectivity index (χ4n) is 1.50. The summed E-state index contributed by atoms with van der Waals surface area (Å²) in [6, 6.07) is 5.28. The van der Waals surface area contributed by atoms with Crippen molar-refractivity contribution in [3.8, 4) is 11.5 Å². The van der Waals surface area contributed by atoms with Crippen molar-refractivity contribution in [1.82, 2.24) is 4.98 Å². The van der Waals surface area contributed by atoms with Gasteiger partial charge in [-0.2, -0.15) is 0 Å². The molecule has 0 aliphatic carbocycles. The van der Waals surface area contributed by atoms with Gasteiger partial charge in [-0.25, -0.2) is 9.78 Å². The summed E-state index contributed by atoms with van der Waals surface area (Å²) < 4.78 is 5.32. The number of carboxylic acid groups (broad SMARTS) is 1. The number of hydrogen-bond acceptors (Lipinski definition) is 3. The second-order valence-corrected chi connectivity index (χ2v) is 4.10. The second-order valence-electron chi connectivity index (χ2n) is 3.69. The van der Waals surface area contributed by atoms with Gasteiger partial charge in [-0.1, -0.05) is 11.6 Å². The van der Waals surface area contributed by atoms with Crippen molar-refractivity contribution in [2.24, 2.45) is 0 Å². The smallest absolute Gasteiger partial charge is 0.358 e. The van der Waals surface area contributed by atoms with Crippen LogP contribution >= 0.6 is 11.6 Å². The molecule has 1 aromatic heterocycles. The lowest BCUT2D eigenvalue weighted by molar-refractivity contribution is 0.0689. The molecule has 0 spiro atoms. The first-order valence-electron chi connectivity index (χ1n) is 4.96. The van der Waals surface area contributed by atoms with Crippen molar-refractivity contribution < 1.29 is 14.3 Å². The Balaban J connectivity index is 2.50. The Morgan fingerprint density at radius 1 is 1.41 bits per heavy atom. The van der Waals surface area contributed by atoms with E-state index in [2.05, 4.69) is 4.98 Å². The molecule has 0 atom stereocenters. The van der Waals surface area contributed by atoms with E-state index in [0.29, 0.717) is 22.2 Å². The third kappa shape index (κ3) is 2.17. The largest absolute Gasteiger partial charge is 0.476 e. The minimum atomic E-state index is -1.09. The van der Waals surface area contributed by atoms with Gasteiger partial charge in [-0.15, -0.1) is 0 Å². The van der Waals surface area contributed by atoms with E-state index in [0.717, 1.165) is 5.56 Å². The van der Waals surface area contributed by atoms with Crippen LogP contribution in [-0.2, 0) is 0 Å². The van der Waals surface area contributed by atoms with Crippen LogP contribution in [-0.4, -0.2) is 16.1 Å². The zero-order valence-electron chi connectivity index (χ0n) is 9.32. The van der Waals surface area contributed by atoms with Crippen molar-refractivity contribution in [3.63, 3.8) is 0 Å². The summed E-state index contributed by atoms with van der Waals surface area (Å²) in [5.74, 6) is -0.511. The van der Waals surface area contributed by atoms with Gasteiger partial charge in [-0.05, 0) is 37.6 Å². The molecule has 0 bridgehead atoms. The number of rotatable bonds is 2. The van der Waals surface area contributed by atoms with Gasteiger partial charge in [0.1, 0.15) is 5.76 Å². The Labute approximate surface area is 103 Å². The number of carbonyl (C=O) groups is 1. The molecule has 4 nitrogen and oxygen atoms in total. The van der Waals surface area contributed by atoms with Crippen LogP contribution in [0.2, 0.25) is 5.02 Å². The number of aromatic nitrogens is 1. The standard InChI is InChI=1S/C12H10ClNO3/c1-6-5-8(3-4-9(6)13)11-14-10(12(15)16)7(2)17-11/h3-5H,1-2H3,(H,15,16). The van der Waals surface area contributed by atoms with Crippen molar-refractivity contribution in [3.05, 3.63) is 40.2 Å². The summed E-state index contributed by atoms with van der Waals surface area (Å²) in [5, 5.41) is 9.53. The fraction of sp³-hybridized carbons (Fsp3) is 0.167. The SMILES string of the molecule is Cc1cc(-c2nc(C(=O)O)c(C)o2)ccc1Cl. The van der Waals surface area contributed by atoms with E-state index in [1.165, 1.54) is 0 Å². The quantitative estimate of drug-likeness (QED) is 0.889. The molecule has 1 aromatic carbocycles. The molecular formula is C12H10ClNO3. The van der Waals surface area contributed by atoms with Crippen LogP contribution in [0.4, 0.5) is 0 Å². The Morgan fingerprint density at radius 3 is 2.65 bits per heavy atom. The molecule has 2 rings (SSSR count). The van der Waals surface area contributed by atoms with Crippen LogP contribution in [0.15, 0.2) is 22.6 Å². The molecule has 0 saturated heterocycles. The number of aryl methyl sites for hydroxylation is 2. The van der Waals surface area contributed by atoms with Gasteiger partial charge in [0.15, 0.2) is 5.69 Å². The highest BCUT2D eigenvalue weighted by Crippen LogP contribution is 2.25. The van der Waals surface area contributed by atoms with Crippen molar-refractivity contribution in [1.29, 1.82) is 0 Å². The molecule has 17 heavy (non-hydrogen) atoms. The van der Waals surface area contributed by atoms with Crippen LogP contribution in [0.1, 0.15) is 21.8 Å². The molecule has 2 aromatic rings. The number of nitrogens with zero attached hydrogens (tertiary/aromatic N) is 1. The van der Waals surface area contributed by atoms with Gasteiger partial charge in [0.25, 0.3) is 0 Å². The van der Waals surface area contributed by atoms with Crippen molar-refractivity contribution in [2.75, 3.05) is 0 Å². The van der Waals surface area contributed by atoms with E-state index >= 15 is 0 Å². The summed E-state index contributed by atoms with van der Waals surface area (Å²) >= 11 is 5.91. The van der Waals surface area contributed by atoms with Crippen molar-refractivity contribution in [2.45, 2.75) is 13.8 Å². The topological polar surface area (TPSA) is 63.3 Å². The van der Waals surface area contributed by atoms with Crippen LogP contribution in [0.3, 0.4) is 0 Å².